The van der Waals surface area contributed by atoms with E-state index in [-0.39, 0.29) is 41.7 Å². The number of thioether (sulfide) groups is 1. The van der Waals surface area contributed by atoms with Crippen LogP contribution in [-0.4, -0.2) is 48.1 Å². The van der Waals surface area contributed by atoms with Crippen LogP contribution < -0.4 is 19.7 Å². The summed E-state index contributed by atoms with van der Waals surface area (Å²) in [6.45, 7) is -0.0749. The molecule has 0 spiro atoms. The molecule has 8 nitrogen and oxygen atoms in total. The number of carbonyl (C=O) groups excluding carboxylic acids is 2. The van der Waals surface area contributed by atoms with Crippen LogP contribution in [0, 0.1) is 5.82 Å². The van der Waals surface area contributed by atoms with E-state index in [1.165, 1.54) is 28.8 Å². The highest BCUT2D eigenvalue weighted by molar-refractivity contribution is 8.00. The lowest BCUT2D eigenvalue weighted by molar-refractivity contribution is -0.123. The molecule has 6 rings (SSSR count). The third-order valence-corrected chi connectivity index (χ3v) is 9.14. The Kier molecular flexibility index (Phi) is 9.28. The number of hydrogen-bond acceptors (Lipinski definition) is 6. The van der Waals surface area contributed by atoms with Gasteiger partial charge in [0.05, 0.1) is 36.6 Å². The predicted octanol–water partition coefficient (Wildman–Crippen LogP) is 6.83. The van der Waals surface area contributed by atoms with E-state index >= 15 is 0 Å². The summed E-state index contributed by atoms with van der Waals surface area (Å²) in [5, 5.41) is 8.18. The van der Waals surface area contributed by atoms with Gasteiger partial charge in [0.1, 0.15) is 29.7 Å². The molecule has 0 unspecified atom stereocenters. The Labute approximate surface area is 275 Å². The van der Waals surface area contributed by atoms with Crippen LogP contribution in [0.15, 0.2) is 97.1 Å². The number of halogens is 2. The summed E-state index contributed by atoms with van der Waals surface area (Å²) in [6, 6.07) is 28.3. The van der Waals surface area contributed by atoms with E-state index in [1.54, 1.807) is 43.2 Å². The summed E-state index contributed by atoms with van der Waals surface area (Å²) in [7, 11) is 3.21. The molecule has 5 aromatic rings. The fourth-order valence-corrected chi connectivity index (χ4v) is 6.72. The lowest BCUT2D eigenvalue weighted by Gasteiger charge is -2.23. The first-order valence-corrected chi connectivity index (χ1v) is 15.9. The van der Waals surface area contributed by atoms with Crippen molar-refractivity contribution in [2.45, 2.75) is 11.8 Å². The van der Waals surface area contributed by atoms with Gasteiger partial charge in [0.15, 0.2) is 0 Å². The van der Waals surface area contributed by atoms with Crippen molar-refractivity contribution in [1.82, 2.24) is 15.1 Å². The molecule has 234 valence electrons. The van der Waals surface area contributed by atoms with Gasteiger partial charge in [-0.05, 0) is 60.2 Å². The van der Waals surface area contributed by atoms with Crippen molar-refractivity contribution in [3.63, 3.8) is 0 Å². The maximum absolute atomic E-state index is 14.0. The molecule has 1 aliphatic heterocycles. The highest BCUT2D eigenvalue weighted by atomic mass is 35.5. The Morgan fingerprint density at radius 3 is 2.39 bits per heavy atom. The first kappa shape index (κ1) is 31.2. The maximum Gasteiger partial charge on any atom is 0.240 e. The average Bonchev–Trinajstić information content (AvgIpc) is 3.41. The Balaban J connectivity index is 1.52. The average molecular weight is 657 g/mol. The molecule has 1 atom stereocenters. The van der Waals surface area contributed by atoms with Gasteiger partial charge < -0.3 is 14.8 Å². The first-order valence-electron chi connectivity index (χ1n) is 14.5. The molecule has 1 N–H and O–H groups in total. The Bertz CT molecular complexity index is 1860. The van der Waals surface area contributed by atoms with Crippen molar-refractivity contribution in [1.29, 1.82) is 0 Å². The van der Waals surface area contributed by atoms with Gasteiger partial charge in [-0.25, -0.2) is 9.07 Å². The van der Waals surface area contributed by atoms with E-state index in [0.29, 0.717) is 33.7 Å². The molecule has 1 aliphatic rings. The van der Waals surface area contributed by atoms with Gasteiger partial charge in [-0.1, -0.05) is 54.1 Å². The fourth-order valence-electron chi connectivity index (χ4n) is 5.37. The largest absolute Gasteiger partial charge is 0.497 e. The summed E-state index contributed by atoms with van der Waals surface area (Å²) in [5.41, 5.74) is 4.46. The number of para-hydroxylation sites is 1. The molecule has 46 heavy (non-hydrogen) atoms. The molecule has 0 saturated heterocycles. The molecule has 0 aliphatic carbocycles. The highest BCUT2D eigenvalue weighted by Gasteiger charge is 2.38. The van der Waals surface area contributed by atoms with Crippen LogP contribution in [0.2, 0.25) is 5.02 Å². The van der Waals surface area contributed by atoms with Crippen molar-refractivity contribution in [3.05, 3.63) is 125 Å². The van der Waals surface area contributed by atoms with Crippen LogP contribution in [-0.2, 0) is 16.1 Å². The zero-order valence-corrected chi connectivity index (χ0v) is 26.6. The van der Waals surface area contributed by atoms with E-state index in [2.05, 4.69) is 5.32 Å². The molecule has 0 radical (unpaired) electrons. The zero-order valence-electron chi connectivity index (χ0n) is 25.1. The van der Waals surface area contributed by atoms with E-state index in [0.717, 1.165) is 22.3 Å². The van der Waals surface area contributed by atoms with Gasteiger partial charge in [0.2, 0.25) is 11.8 Å². The number of nitrogens with zero attached hydrogens (tertiary/aromatic N) is 3. The van der Waals surface area contributed by atoms with Crippen molar-refractivity contribution < 1.29 is 23.5 Å². The molecule has 2 amide bonds. The van der Waals surface area contributed by atoms with Gasteiger partial charge >= 0.3 is 0 Å². The second kappa shape index (κ2) is 13.7. The van der Waals surface area contributed by atoms with Gasteiger partial charge in [0.25, 0.3) is 0 Å². The monoisotopic (exact) mass is 656 g/mol. The Morgan fingerprint density at radius 1 is 0.978 bits per heavy atom. The molecule has 0 bridgehead atoms. The minimum absolute atomic E-state index is 0.102. The third-order valence-electron chi connectivity index (χ3n) is 7.65. The number of hydrogen-bond donors (Lipinski definition) is 1. The van der Waals surface area contributed by atoms with E-state index in [1.807, 2.05) is 60.7 Å². The number of aromatic nitrogens is 2. The number of rotatable bonds is 9. The number of amides is 2. The van der Waals surface area contributed by atoms with Crippen molar-refractivity contribution in [2.75, 3.05) is 31.4 Å². The predicted molar refractivity (Wildman–Crippen MR) is 178 cm³/mol. The summed E-state index contributed by atoms with van der Waals surface area (Å²) in [5.74, 6) is 0.920. The number of fused-ring (bicyclic) bond motifs is 1. The molecular formula is C35H30ClFN4O4S. The van der Waals surface area contributed by atoms with Gasteiger partial charge in [-0.2, -0.15) is 5.10 Å². The summed E-state index contributed by atoms with van der Waals surface area (Å²) >= 11 is 7.72. The fraction of sp³-hybridized carbons (Fsp3) is 0.171. The molecule has 11 heteroatoms. The molecule has 4 aromatic carbocycles. The number of carbonyl (C=O) groups is 2. The summed E-state index contributed by atoms with van der Waals surface area (Å²) in [4.78, 5) is 28.9. The molecule has 0 saturated carbocycles. The number of benzene rings is 4. The van der Waals surface area contributed by atoms with Crippen molar-refractivity contribution in [2.24, 2.45) is 0 Å². The molecule has 0 fully saturated rings. The molecule has 1 aromatic heterocycles. The van der Waals surface area contributed by atoms with Crippen LogP contribution in [0.25, 0.3) is 16.9 Å². The molecular weight excluding hydrogens is 627 g/mol. The lowest BCUT2D eigenvalue weighted by Crippen LogP contribution is -2.42. The normalized spacial score (nSPS) is 14.4. The summed E-state index contributed by atoms with van der Waals surface area (Å²) < 4.78 is 26.3. The van der Waals surface area contributed by atoms with Crippen LogP contribution in [0.5, 0.6) is 11.5 Å². The minimum Gasteiger partial charge on any atom is -0.497 e. The Hall–Kier alpha value is -4.80. The molecule has 2 heterocycles. The highest BCUT2D eigenvalue weighted by Crippen LogP contribution is 2.50. The zero-order chi connectivity index (χ0) is 32.2. The third kappa shape index (κ3) is 6.45. The maximum atomic E-state index is 14.0. The number of methoxy groups -OCH3 is 2. The lowest BCUT2D eigenvalue weighted by atomic mass is 9.99. The second-order valence-electron chi connectivity index (χ2n) is 10.5. The van der Waals surface area contributed by atoms with Crippen molar-refractivity contribution >= 4 is 41.0 Å². The Morgan fingerprint density at radius 2 is 1.70 bits per heavy atom. The van der Waals surface area contributed by atoms with Crippen LogP contribution in [0.3, 0.4) is 0 Å². The second-order valence-corrected chi connectivity index (χ2v) is 12.0. The smallest absolute Gasteiger partial charge is 0.240 e. The minimum atomic E-state index is -0.375. The van der Waals surface area contributed by atoms with E-state index < -0.39 is 0 Å². The van der Waals surface area contributed by atoms with Gasteiger partial charge in [0, 0.05) is 28.3 Å². The SMILES string of the molecule is COc1ccc(-n2nc(-c3ccc(Cl)cc3)c3c2N(CC(=O)NCc2ccc(F)cc2)C(=O)CS[C@@H]3c2ccccc2OC)cc1. The van der Waals surface area contributed by atoms with E-state index in [4.69, 9.17) is 26.2 Å². The quantitative estimate of drug-likeness (QED) is 0.187. The van der Waals surface area contributed by atoms with Crippen LogP contribution >= 0.6 is 23.4 Å². The van der Waals surface area contributed by atoms with Crippen molar-refractivity contribution in [3.8, 4) is 28.4 Å². The topological polar surface area (TPSA) is 85.7 Å². The van der Waals surface area contributed by atoms with Gasteiger partial charge in [-0.3, -0.25) is 14.5 Å². The van der Waals surface area contributed by atoms with Gasteiger partial charge in [-0.15, -0.1) is 11.8 Å². The number of nitrogens with one attached hydrogen (secondary N) is 1. The standard InChI is InChI=1S/C35H30ClFN4O4S/c1-44-27-17-15-26(16-18-27)41-35-32(33(39-41)23-9-11-24(36)12-10-23)34(28-5-3-4-6-29(28)45-2)46-21-31(43)40(35)20-30(42)38-19-22-7-13-25(37)14-8-22/h3-18,34H,19-21H2,1-2H3,(H,38,42)/t34-/m1/s1. The van der Waals surface area contributed by atoms with Crippen LogP contribution in [0.4, 0.5) is 10.2 Å². The van der Waals surface area contributed by atoms with E-state index in [9.17, 15) is 14.0 Å². The summed E-state index contributed by atoms with van der Waals surface area (Å²) in [6.07, 6.45) is 0. The number of anilines is 1. The number of ether oxygens (including phenoxy) is 2. The van der Waals surface area contributed by atoms with Crippen LogP contribution in [0.1, 0.15) is 21.9 Å². The first-order chi connectivity index (χ1) is 22.4.